The quantitative estimate of drug-likeness (QED) is 0.547. The predicted octanol–water partition coefficient (Wildman–Crippen LogP) is 4.70. The Balaban J connectivity index is 2.16. The van der Waals surface area contributed by atoms with Crippen molar-refractivity contribution in [2.24, 2.45) is 15.2 Å². The van der Waals surface area contributed by atoms with Gasteiger partial charge >= 0.3 is 0 Å². The van der Waals surface area contributed by atoms with Gasteiger partial charge in [-0.1, -0.05) is 58.7 Å². The summed E-state index contributed by atoms with van der Waals surface area (Å²) in [6, 6.07) is 6.99. The molecule has 0 unspecified atom stereocenters. The molecule has 1 heterocycles. The molecule has 1 aromatic carbocycles. The minimum Gasteiger partial charge on any atom is -0.258 e. The lowest BCUT2D eigenvalue weighted by Crippen LogP contribution is -1.98. The SMILES string of the molecule is ClC(Cl)(Cl)c1cccc(/N=N/C2=NCCS2)c1. The summed E-state index contributed by atoms with van der Waals surface area (Å²) >= 11 is 18.9. The largest absolute Gasteiger partial charge is 0.258 e. The highest BCUT2D eigenvalue weighted by Gasteiger charge is 2.22. The second-order valence-electron chi connectivity index (χ2n) is 3.26. The lowest BCUT2D eigenvalue weighted by Gasteiger charge is -2.10. The average Bonchev–Trinajstić information content (AvgIpc) is 2.78. The third-order valence-corrected chi connectivity index (χ3v) is 3.50. The minimum absolute atomic E-state index is 0.569. The number of nitrogens with zero attached hydrogens (tertiary/aromatic N) is 3. The van der Waals surface area contributed by atoms with E-state index in [4.69, 9.17) is 34.8 Å². The van der Waals surface area contributed by atoms with Crippen LogP contribution in [0, 0.1) is 0 Å². The van der Waals surface area contributed by atoms with Gasteiger partial charge in [0.25, 0.3) is 0 Å². The Hall–Kier alpha value is -0.290. The molecule has 0 bridgehead atoms. The van der Waals surface area contributed by atoms with Gasteiger partial charge in [0, 0.05) is 11.3 Å². The molecule has 0 fully saturated rings. The van der Waals surface area contributed by atoms with E-state index in [0.29, 0.717) is 16.4 Å². The van der Waals surface area contributed by atoms with Crippen LogP contribution in [0.2, 0.25) is 0 Å². The van der Waals surface area contributed by atoms with E-state index < -0.39 is 3.79 Å². The smallest absolute Gasteiger partial charge is 0.216 e. The van der Waals surface area contributed by atoms with Crippen LogP contribution in [-0.2, 0) is 3.79 Å². The zero-order chi connectivity index (χ0) is 12.3. The molecule has 1 aliphatic rings. The van der Waals surface area contributed by atoms with Gasteiger partial charge in [-0.2, -0.15) is 0 Å². The fourth-order valence-electron chi connectivity index (χ4n) is 1.23. The molecule has 7 heteroatoms. The first kappa shape index (κ1) is 13.1. The van der Waals surface area contributed by atoms with E-state index in [1.54, 1.807) is 36.0 Å². The molecule has 0 aromatic heterocycles. The van der Waals surface area contributed by atoms with Crippen molar-refractivity contribution in [3.8, 4) is 0 Å². The molecule has 1 aromatic rings. The fourth-order valence-corrected chi connectivity index (χ4v) is 2.23. The second-order valence-corrected chi connectivity index (χ2v) is 6.60. The third-order valence-electron chi connectivity index (χ3n) is 1.99. The molecule has 0 spiro atoms. The van der Waals surface area contributed by atoms with E-state index in [2.05, 4.69) is 15.2 Å². The highest BCUT2D eigenvalue weighted by Crippen LogP contribution is 2.39. The van der Waals surface area contributed by atoms with Crippen molar-refractivity contribution >= 4 is 57.4 Å². The fraction of sp³-hybridized carbons (Fsp3) is 0.300. The molecule has 0 N–H and O–H groups in total. The van der Waals surface area contributed by atoms with Crippen molar-refractivity contribution in [3.63, 3.8) is 0 Å². The summed E-state index contributed by atoms with van der Waals surface area (Å²) in [4.78, 5) is 4.16. The van der Waals surface area contributed by atoms with Crippen molar-refractivity contribution in [2.45, 2.75) is 3.79 Å². The average molecular weight is 309 g/mol. The number of aliphatic imine (C=N–C) groups is 1. The minimum atomic E-state index is -1.44. The van der Waals surface area contributed by atoms with Gasteiger partial charge < -0.3 is 0 Å². The van der Waals surface area contributed by atoms with Crippen LogP contribution in [-0.4, -0.2) is 17.5 Å². The number of halogens is 3. The second kappa shape index (κ2) is 5.57. The molecule has 0 amide bonds. The molecule has 17 heavy (non-hydrogen) atoms. The van der Waals surface area contributed by atoms with E-state index in [-0.39, 0.29) is 0 Å². The van der Waals surface area contributed by atoms with E-state index in [0.717, 1.165) is 12.3 Å². The van der Waals surface area contributed by atoms with Gasteiger partial charge in [0.2, 0.25) is 8.96 Å². The van der Waals surface area contributed by atoms with Crippen molar-refractivity contribution < 1.29 is 0 Å². The molecule has 1 aliphatic heterocycles. The van der Waals surface area contributed by atoms with Gasteiger partial charge in [0.15, 0.2) is 0 Å². The summed E-state index contributed by atoms with van der Waals surface area (Å²) in [6.45, 7) is 0.799. The first-order valence-corrected chi connectivity index (χ1v) is 6.94. The molecule has 3 nitrogen and oxygen atoms in total. The molecule has 0 saturated heterocycles. The van der Waals surface area contributed by atoms with Crippen LogP contribution in [0.4, 0.5) is 5.69 Å². The van der Waals surface area contributed by atoms with Crippen LogP contribution < -0.4 is 0 Å². The first-order chi connectivity index (χ1) is 8.05. The van der Waals surface area contributed by atoms with Crippen LogP contribution in [0.25, 0.3) is 0 Å². The third kappa shape index (κ3) is 3.85. The van der Waals surface area contributed by atoms with Crippen molar-refractivity contribution in [3.05, 3.63) is 29.8 Å². The van der Waals surface area contributed by atoms with Crippen LogP contribution in [0.15, 0.2) is 39.5 Å². The molecular formula is C10H8Cl3N3S. The molecule has 0 atom stereocenters. The number of azo groups is 1. The van der Waals surface area contributed by atoms with E-state index in [1.807, 2.05) is 0 Å². The molecule has 0 radical (unpaired) electrons. The van der Waals surface area contributed by atoms with Crippen molar-refractivity contribution in [1.82, 2.24) is 0 Å². The van der Waals surface area contributed by atoms with Gasteiger partial charge in [-0.25, -0.2) is 0 Å². The van der Waals surface area contributed by atoms with Crippen LogP contribution in [0.3, 0.4) is 0 Å². The van der Waals surface area contributed by atoms with Crippen molar-refractivity contribution in [2.75, 3.05) is 12.3 Å². The highest BCUT2D eigenvalue weighted by atomic mass is 35.6. The molecule has 90 valence electrons. The van der Waals surface area contributed by atoms with E-state index >= 15 is 0 Å². The van der Waals surface area contributed by atoms with Gasteiger partial charge in [-0.3, -0.25) is 4.99 Å². The van der Waals surface area contributed by atoms with Gasteiger partial charge in [-0.05, 0) is 12.1 Å². The van der Waals surface area contributed by atoms with Crippen molar-refractivity contribution in [1.29, 1.82) is 0 Å². The van der Waals surface area contributed by atoms with Crippen LogP contribution in [0.1, 0.15) is 5.56 Å². The maximum Gasteiger partial charge on any atom is 0.216 e. The number of rotatable bonds is 1. The number of alkyl halides is 3. The Morgan fingerprint density at radius 2 is 2.06 bits per heavy atom. The zero-order valence-electron chi connectivity index (χ0n) is 8.61. The Kier molecular flexibility index (Phi) is 4.31. The number of amidine groups is 1. The Morgan fingerprint density at radius 1 is 1.24 bits per heavy atom. The normalized spacial score (nSPS) is 16.5. The van der Waals surface area contributed by atoms with Gasteiger partial charge in [0.1, 0.15) is 0 Å². The maximum atomic E-state index is 5.79. The van der Waals surface area contributed by atoms with E-state index in [9.17, 15) is 0 Å². The Morgan fingerprint density at radius 3 is 2.71 bits per heavy atom. The first-order valence-electron chi connectivity index (χ1n) is 4.82. The number of hydrogen-bond donors (Lipinski definition) is 0. The predicted molar refractivity (Wildman–Crippen MR) is 75.0 cm³/mol. The van der Waals surface area contributed by atoms with Crippen LogP contribution in [0.5, 0.6) is 0 Å². The van der Waals surface area contributed by atoms with E-state index in [1.165, 1.54) is 0 Å². The summed E-state index contributed by atoms with van der Waals surface area (Å²) in [7, 11) is 0. The molecule has 0 aliphatic carbocycles. The summed E-state index contributed by atoms with van der Waals surface area (Å²) in [6.07, 6.45) is 0. The topological polar surface area (TPSA) is 37.1 Å². The summed E-state index contributed by atoms with van der Waals surface area (Å²) in [5, 5.41) is 8.78. The summed E-state index contributed by atoms with van der Waals surface area (Å²) in [5.74, 6) is 0.961. The standard InChI is InChI=1S/C10H8Cl3N3S/c11-10(12,13)7-2-1-3-8(6-7)15-16-9-14-4-5-17-9/h1-3,6H,4-5H2/b16-15+. The number of benzene rings is 1. The van der Waals surface area contributed by atoms with Gasteiger partial charge in [-0.15, -0.1) is 10.2 Å². The Bertz CT molecular complexity index is 468. The summed E-state index contributed by atoms with van der Waals surface area (Å²) in [5.41, 5.74) is 1.21. The van der Waals surface area contributed by atoms with Crippen LogP contribution >= 0.6 is 46.6 Å². The molecule has 0 saturated carbocycles. The number of thioether (sulfide) groups is 1. The molecule has 2 rings (SSSR count). The summed E-state index contributed by atoms with van der Waals surface area (Å²) < 4.78 is -1.44. The maximum absolute atomic E-state index is 5.79. The lowest BCUT2D eigenvalue weighted by molar-refractivity contribution is 1.15. The molecular weight excluding hydrogens is 301 g/mol. The Labute approximate surface area is 118 Å². The monoisotopic (exact) mass is 307 g/mol. The number of hydrogen-bond acceptors (Lipinski definition) is 4. The van der Waals surface area contributed by atoms with Gasteiger partial charge in [0.05, 0.1) is 12.2 Å². The lowest BCUT2D eigenvalue weighted by atomic mass is 10.2. The highest BCUT2D eigenvalue weighted by molar-refractivity contribution is 8.14. The zero-order valence-corrected chi connectivity index (χ0v) is 11.7.